The van der Waals surface area contributed by atoms with E-state index in [1.807, 2.05) is 26.0 Å². The second-order valence-corrected chi connectivity index (χ2v) is 4.95. The van der Waals surface area contributed by atoms with Crippen LogP contribution in [-0.4, -0.2) is 19.4 Å². The lowest BCUT2D eigenvalue weighted by molar-refractivity contribution is 0.0902. The van der Waals surface area contributed by atoms with Gasteiger partial charge in [-0.25, -0.2) is 0 Å². The smallest absolute Gasteiger partial charge is 0.173 e. The van der Waals surface area contributed by atoms with E-state index in [2.05, 4.69) is 0 Å². The van der Waals surface area contributed by atoms with Crippen LogP contribution in [0, 0.1) is 19.3 Å². The fraction of sp³-hybridized carbons (Fsp3) is 0.500. The minimum Gasteiger partial charge on any atom is -0.496 e. The molecule has 0 radical (unpaired) electrons. The first-order valence-electron chi connectivity index (χ1n) is 5.94. The van der Waals surface area contributed by atoms with Crippen LogP contribution in [0.15, 0.2) is 12.1 Å². The van der Waals surface area contributed by atoms with Crippen molar-refractivity contribution in [3.63, 3.8) is 0 Å². The first-order valence-corrected chi connectivity index (χ1v) is 5.94. The Balaban J connectivity index is 2.44. The summed E-state index contributed by atoms with van der Waals surface area (Å²) in [4.78, 5) is 12.4. The summed E-state index contributed by atoms with van der Waals surface area (Å²) in [6.45, 7) is 4.46. The molecule has 0 spiro atoms. The molecule has 0 amide bonds. The Hall–Kier alpha value is -1.35. The monoisotopic (exact) mass is 233 g/mol. The summed E-state index contributed by atoms with van der Waals surface area (Å²) in [5.41, 5.74) is 8.32. The topological polar surface area (TPSA) is 52.3 Å². The third kappa shape index (κ3) is 1.95. The molecule has 3 heteroatoms. The number of methoxy groups -OCH3 is 1. The van der Waals surface area contributed by atoms with Gasteiger partial charge >= 0.3 is 0 Å². The zero-order valence-corrected chi connectivity index (χ0v) is 10.7. The molecule has 0 aromatic heterocycles. The lowest BCUT2D eigenvalue weighted by atomic mass is 9.92. The summed E-state index contributed by atoms with van der Waals surface area (Å²) < 4.78 is 5.31. The quantitative estimate of drug-likeness (QED) is 0.811. The Bertz CT molecular complexity index is 462. The van der Waals surface area contributed by atoms with E-state index < -0.39 is 0 Å². The average Bonchev–Trinajstić information content (AvgIpc) is 3.12. The molecule has 2 N–H and O–H groups in total. The third-order valence-corrected chi connectivity index (χ3v) is 3.79. The van der Waals surface area contributed by atoms with Gasteiger partial charge in [0.1, 0.15) is 5.75 Å². The van der Waals surface area contributed by atoms with Crippen molar-refractivity contribution in [3.8, 4) is 5.75 Å². The highest BCUT2D eigenvalue weighted by molar-refractivity contribution is 6.04. The van der Waals surface area contributed by atoms with Gasteiger partial charge < -0.3 is 10.5 Å². The van der Waals surface area contributed by atoms with E-state index in [0.717, 1.165) is 24.0 Å². The van der Waals surface area contributed by atoms with Crippen LogP contribution >= 0.6 is 0 Å². The van der Waals surface area contributed by atoms with Crippen molar-refractivity contribution in [2.24, 2.45) is 11.1 Å². The molecule has 17 heavy (non-hydrogen) atoms. The van der Waals surface area contributed by atoms with Crippen molar-refractivity contribution < 1.29 is 9.53 Å². The highest BCUT2D eigenvalue weighted by Gasteiger charge is 2.49. The molecule has 1 aliphatic carbocycles. The number of ether oxygens (including phenoxy) is 1. The van der Waals surface area contributed by atoms with Crippen LogP contribution in [0.5, 0.6) is 5.75 Å². The van der Waals surface area contributed by atoms with Crippen LogP contribution in [-0.2, 0) is 0 Å². The lowest BCUT2D eigenvalue weighted by Crippen LogP contribution is -2.25. The summed E-state index contributed by atoms with van der Waals surface area (Å²) in [6, 6.07) is 3.85. The molecule has 1 fully saturated rings. The number of ketones is 1. The van der Waals surface area contributed by atoms with E-state index in [0.29, 0.717) is 17.9 Å². The van der Waals surface area contributed by atoms with Crippen LogP contribution in [0.2, 0.25) is 0 Å². The van der Waals surface area contributed by atoms with E-state index >= 15 is 0 Å². The maximum absolute atomic E-state index is 12.4. The molecule has 0 unspecified atom stereocenters. The predicted octanol–water partition coefficient (Wildman–Crippen LogP) is 2.23. The van der Waals surface area contributed by atoms with Gasteiger partial charge in [0.05, 0.1) is 12.7 Å². The molecule has 1 aromatic rings. The van der Waals surface area contributed by atoms with Gasteiger partial charge in [-0.2, -0.15) is 0 Å². The van der Waals surface area contributed by atoms with Gasteiger partial charge in [-0.1, -0.05) is 0 Å². The number of aryl methyl sites for hydroxylation is 2. The highest BCUT2D eigenvalue weighted by atomic mass is 16.5. The molecular formula is C14H19NO2. The van der Waals surface area contributed by atoms with Crippen LogP contribution < -0.4 is 10.5 Å². The van der Waals surface area contributed by atoms with E-state index in [4.69, 9.17) is 10.5 Å². The van der Waals surface area contributed by atoms with Crippen molar-refractivity contribution in [2.45, 2.75) is 26.7 Å². The van der Waals surface area contributed by atoms with E-state index in [1.165, 1.54) is 0 Å². The Morgan fingerprint density at radius 1 is 1.35 bits per heavy atom. The summed E-state index contributed by atoms with van der Waals surface area (Å²) in [5.74, 6) is 0.803. The van der Waals surface area contributed by atoms with E-state index in [1.54, 1.807) is 7.11 Å². The fourth-order valence-corrected chi connectivity index (χ4v) is 2.10. The molecule has 3 nitrogen and oxygen atoms in total. The van der Waals surface area contributed by atoms with Crippen molar-refractivity contribution in [1.29, 1.82) is 0 Å². The SMILES string of the molecule is COc1cc(C)c(C)cc1C(=O)C1(CN)CC1. The molecule has 0 bridgehead atoms. The van der Waals surface area contributed by atoms with Gasteiger partial charge in [0.2, 0.25) is 0 Å². The van der Waals surface area contributed by atoms with Crippen LogP contribution in [0.4, 0.5) is 0 Å². The normalized spacial score (nSPS) is 16.7. The Kier molecular flexibility index (Phi) is 2.96. The first kappa shape index (κ1) is 12.1. The first-order chi connectivity index (χ1) is 8.04. The molecule has 1 saturated carbocycles. The van der Waals surface area contributed by atoms with Crippen LogP contribution in [0.3, 0.4) is 0 Å². The van der Waals surface area contributed by atoms with Crippen molar-refractivity contribution in [2.75, 3.05) is 13.7 Å². The van der Waals surface area contributed by atoms with Gasteiger partial charge in [0, 0.05) is 12.0 Å². The van der Waals surface area contributed by atoms with Crippen molar-refractivity contribution >= 4 is 5.78 Å². The number of hydrogen-bond donors (Lipinski definition) is 1. The zero-order valence-electron chi connectivity index (χ0n) is 10.7. The van der Waals surface area contributed by atoms with Gasteiger partial charge in [0.25, 0.3) is 0 Å². The molecule has 0 aliphatic heterocycles. The van der Waals surface area contributed by atoms with Crippen molar-refractivity contribution in [3.05, 3.63) is 28.8 Å². The number of nitrogens with two attached hydrogens (primary N) is 1. The van der Waals surface area contributed by atoms with Gasteiger partial charge in [-0.05, 0) is 49.9 Å². The standard InChI is InChI=1S/C14H19NO2/c1-9-6-11(12(17-3)7-10(9)2)13(16)14(8-15)4-5-14/h6-7H,4-5,8,15H2,1-3H3. The van der Waals surface area contributed by atoms with Gasteiger partial charge in [-0.15, -0.1) is 0 Å². The number of hydrogen-bond acceptors (Lipinski definition) is 3. The van der Waals surface area contributed by atoms with E-state index in [-0.39, 0.29) is 11.2 Å². The Labute approximate surface area is 102 Å². The minimum atomic E-state index is -0.311. The summed E-state index contributed by atoms with van der Waals surface area (Å²) in [5, 5.41) is 0. The van der Waals surface area contributed by atoms with Gasteiger partial charge in [0.15, 0.2) is 5.78 Å². The molecule has 1 aliphatic rings. The van der Waals surface area contributed by atoms with Crippen molar-refractivity contribution in [1.82, 2.24) is 0 Å². The summed E-state index contributed by atoms with van der Waals surface area (Å²) in [7, 11) is 1.60. The summed E-state index contributed by atoms with van der Waals surface area (Å²) in [6.07, 6.45) is 1.80. The molecule has 92 valence electrons. The second-order valence-electron chi connectivity index (χ2n) is 4.95. The van der Waals surface area contributed by atoms with Gasteiger partial charge in [-0.3, -0.25) is 4.79 Å². The molecule has 2 rings (SSSR count). The molecule has 0 saturated heterocycles. The predicted molar refractivity (Wildman–Crippen MR) is 67.5 cm³/mol. The third-order valence-electron chi connectivity index (χ3n) is 3.79. The fourth-order valence-electron chi connectivity index (χ4n) is 2.10. The minimum absolute atomic E-state index is 0.139. The van der Waals surface area contributed by atoms with E-state index in [9.17, 15) is 4.79 Å². The number of rotatable bonds is 4. The highest BCUT2D eigenvalue weighted by Crippen LogP contribution is 2.48. The zero-order chi connectivity index (χ0) is 12.6. The van der Waals surface area contributed by atoms with Crippen LogP contribution in [0.1, 0.15) is 34.3 Å². The van der Waals surface area contributed by atoms with Crippen LogP contribution in [0.25, 0.3) is 0 Å². The maximum Gasteiger partial charge on any atom is 0.173 e. The number of Topliss-reactive ketones (excluding diaryl/α,β-unsaturated/α-hetero) is 1. The Morgan fingerprint density at radius 3 is 2.41 bits per heavy atom. The lowest BCUT2D eigenvalue weighted by Gasteiger charge is -2.15. The molecule has 0 heterocycles. The molecule has 1 aromatic carbocycles. The Morgan fingerprint density at radius 2 is 1.94 bits per heavy atom. The molecule has 0 atom stereocenters. The number of carbonyl (C=O) groups excluding carboxylic acids is 1. The second kappa shape index (κ2) is 4.15. The average molecular weight is 233 g/mol. The maximum atomic E-state index is 12.4. The largest absolute Gasteiger partial charge is 0.496 e. The summed E-state index contributed by atoms with van der Waals surface area (Å²) >= 11 is 0. The number of carbonyl (C=O) groups is 1. The molecular weight excluding hydrogens is 214 g/mol. The number of benzene rings is 1.